The highest BCUT2D eigenvalue weighted by Gasteiger charge is 2.19. The molecule has 0 saturated carbocycles. The van der Waals surface area contributed by atoms with Crippen molar-refractivity contribution in [3.63, 3.8) is 0 Å². The van der Waals surface area contributed by atoms with Crippen LogP contribution >= 0.6 is 0 Å². The molecule has 0 bridgehead atoms. The predicted octanol–water partition coefficient (Wildman–Crippen LogP) is 2.28. The number of hydrogen-bond donors (Lipinski definition) is 2. The zero-order chi connectivity index (χ0) is 21.2. The van der Waals surface area contributed by atoms with Gasteiger partial charge in [-0.15, -0.1) is 0 Å². The lowest BCUT2D eigenvalue weighted by molar-refractivity contribution is -0.153. The average Bonchev–Trinajstić information content (AvgIpc) is 2.76. The third-order valence-electron chi connectivity index (χ3n) is 4.37. The topological polar surface area (TPSA) is 93.7 Å². The Balaban J connectivity index is 1.73. The minimum atomic E-state index is -0.955. The molecule has 0 heterocycles. The molecule has 0 aromatic heterocycles. The number of hydrogen-bond acceptors (Lipinski definition) is 5. The lowest BCUT2D eigenvalue weighted by atomic mass is 10.0. The van der Waals surface area contributed by atoms with Crippen molar-refractivity contribution in [2.45, 2.75) is 25.9 Å². The Hall–Kier alpha value is -3.35. The van der Waals surface area contributed by atoms with Crippen LogP contribution in [-0.4, -0.2) is 44.1 Å². The molecule has 0 aliphatic rings. The fourth-order valence-corrected chi connectivity index (χ4v) is 2.59. The van der Waals surface area contributed by atoms with E-state index in [1.54, 1.807) is 24.3 Å². The first-order valence-electron chi connectivity index (χ1n) is 9.35. The second-order valence-corrected chi connectivity index (χ2v) is 6.60. The van der Waals surface area contributed by atoms with Gasteiger partial charge in [0.05, 0.1) is 7.11 Å². The van der Waals surface area contributed by atoms with E-state index in [4.69, 9.17) is 9.47 Å². The molecule has 2 aromatic rings. The highest BCUT2D eigenvalue weighted by Crippen LogP contribution is 2.13. The quantitative estimate of drug-likeness (QED) is 0.632. The Kier molecular flexibility index (Phi) is 8.21. The third-order valence-corrected chi connectivity index (χ3v) is 4.37. The number of nitrogens with one attached hydrogen (secondary N) is 2. The Morgan fingerprint density at radius 2 is 1.59 bits per heavy atom. The van der Waals surface area contributed by atoms with Gasteiger partial charge in [-0.3, -0.25) is 14.4 Å². The van der Waals surface area contributed by atoms with E-state index in [0.29, 0.717) is 17.9 Å². The summed E-state index contributed by atoms with van der Waals surface area (Å²) in [6.45, 7) is 3.59. The summed E-state index contributed by atoms with van der Waals surface area (Å²) in [4.78, 5) is 36.1. The van der Waals surface area contributed by atoms with Crippen LogP contribution in [0, 0.1) is 0 Å². The van der Waals surface area contributed by atoms with E-state index in [1.807, 2.05) is 37.3 Å². The van der Waals surface area contributed by atoms with Crippen LogP contribution in [0.3, 0.4) is 0 Å². The zero-order valence-corrected chi connectivity index (χ0v) is 16.8. The van der Waals surface area contributed by atoms with Gasteiger partial charge in [-0.2, -0.15) is 0 Å². The summed E-state index contributed by atoms with van der Waals surface area (Å²) in [7, 11) is 1.53. The van der Waals surface area contributed by atoms with Gasteiger partial charge in [-0.25, -0.2) is 0 Å². The molecule has 0 aliphatic carbocycles. The van der Waals surface area contributed by atoms with Gasteiger partial charge in [0.25, 0.3) is 11.8 Å². The Morgan fingerprint density at radius 1 is 0.931 bits per heavy atom. The van der Waals surface area contributed by atoms with E-state index in [9.17, 15) is 14.4 Å². The molecular formula is C22H26N2O5. The van der Waals surface area contributed by atoms with Crippen LogP contribution in [0.4, 0.5) is 0 Å². The van der Waals surface area contributed by atoms with Gasteiger partial charge in [0, 0.05) is 12.1 Å². The van der Waals surface area contributed by atoms with Crippen LogP contribution in [0.25, 0.3) is 0 Å². The Morgan fingerprint density at radius 3 is 2.21 bits per heavy atom. The number of esters is 1. The molecule has 0 aliphatic heterocycles. The second kappa shape index (κ2) is 10.8. The van der Waals surface area contributed by atoms with Crippen LogP contribution in [0.15, 0.2) is 54.6 Å². The first-order valence-corrected chi connectivity index (χ1v) is 9.35. The van der Waals surface area contributed by atoms with Crippen molar-refractivity contribution < 1.29 is 23.9 Å². The molecule has 7 nitrogen and oxygen atoms in total. The van der Waals surface area contributed by atoms with Crippen molar-refractivity contribution in [3.8, 4) is 5.75 Å². The second-order valence-electron chi connectivity index (χ2n) is 6.60. The summed E-state index contributed by atoms with van der Waals surface area (Å²) in [5, 5.41) is 5.24. The fraction of sp³-hybridized carbons (Fsp3) is 0.318. The number of carbonyl (C=O) groups excluding carboxylic acids is 3. The molecule has 0 spiro atoms. The smallest absolute Gasteiger partial charge is 0.326 e. The van der Waals surface area contributed by atoms with Crippen LogP contribution < -0.4 is 15.4 Å². The lowest BCUT2D eigenvalue weighted by Crippen LogP contribution is -2.39. The van der Waals surface area contributed by atoms with Crippen LogP contribution in [0.1, 0.15) is 35.7 Å². The van der Waals surface area contributed by atoms with Gasteiger partial charge < -0.3 is 20.1 Å². The first kappa shape index (κ1) is 21.9. The molecule has 2 aromatic carbocycles. The zero-order valence-electron chi connectivity index (χ0n) is 16.8. The molecule has 29 heavy (non-hydrogen) atoms. The summed E-state index contributed by atoms with van der Waals surface area (Å²) in [6, 6.07) is 16.3. The molecule has 154 valence electrons. The van der Waals surface area contributed by atoms with Crippen LogP contribution in [-0.2, 0) is 14.3 Å². The summed E-state index contributed by atoms with van der Waals surface area (Å²) in [6.07, 6.45) is -0.955. The SMILES string of the molecule is COc1ccc(C(=O)NCC(=O)O[C@@H](C)C(=O)NC[C@@H](C)c2ccccc2)cc1. The molecule has 2 N–H and O–H groups in total. The number of benzene rings is 2. The molecule has 0 fully saturated rings. The minimum absolute atomic E-state index is 0.131. The lowest BCUT2D eigenvalue weighted by Gasteiger charge is -2.17. The van der Waals surface area contributed by atoms with E-state index in [1.165, 1.54) is 14.0 Å². The molecule has 0 radical (unpaired) electrons. The largest absolute Gasteiger partial charge is 0.497 e. The van der Waals surface area contributed by atoms with E-state index >= 15 is 0 Å². The Bertz CT molecular complexity index is 821. The fourth-order valence-electron chi connectivity index (χ4n) is 2.59. The van der Waals surface area contributed by atoms with E-state index in [-0.39, 0.29) is 18.4 Å². The molecule has 2 amide bonds. The van der Waals surface area contributed by atoms with Crippen molar-refractivity contribution >= 4 is 17.8 Å². The van der Waals surface area contributed by atoms with Gasteiger partial charge in [-0.05, 0) is 42.7 Å². The predicted molar refractivity (Wildman–Crippen MR) is 109 cm³/mol. The summed E-state index contributed by atoms with van der Waals surface area (Å²) < 4.78 is 10.1. The summed E-state index contributed by atoms with van der Waals surface area (Å²) in [5.74, 6) is -0.735. The molecule has 7 heteroatoms. The number of rotatable bonds is 9. The van der Waals surface area contributed by atoms with Gasteiger partial charge in [0.15, 0.2) is 6.10 Å². The van der Waals surface area contributed by atoms with Crippen molar-refractivity contribution in [1.29, 1.82) is 0 Å². The summed E-state index contributed by atoms with van der Waals surface area (Å²) in [5.41, 5.74) is 1.50. The molecule has 0 saturated heterocycles. The average molecular weight is 398 g/mol. The van der Waals surface area contributed by atoms with Crippen LogP contribution in [0.5, 0.6) is 5.75 Å². The van der Waals surface area contributed by atoms with Crippen molar-refractivity contribution in [2.24, 2.45) is 0 Å². The normalized spacial score (nSPS) is 12.4. The maximum atomic E-state index is 12.1. The van der Waals surface area contributed by atoms with Gasteiger partial charge in [-0.1, -0.05) is 37.3 Å². The van der Waals surface area contributed by atoms with Gasteiger partial charge in [0.1, 0.15) is 12.3 Å². The van der Waals surface area contributed by atoms with Crippen molar-refractivity contribution in [2.75, 3.05) is 20.2 Å². The van der Waals surface area contributed by atoms with Crippen LogP contribution in [0.2, 0.25) is 0 Å². The molecule has 2 rings (SSSR count). The van der Waals surface area contributed by atoms with E-state index in [2.05, 4.69) is 10.6 Å². The van der Waals surface area contributed by atoms with E-state index < -0.39 is 18.0 Å². The van der Waals surface area contributed by atoms with Gasteiger partial charge >= 0.3 is 5.97 Å². The number of ether oxygens (including phenoxy) is 2. The standard InChI is InChI=1S/C22H26N2O5/c1-15(17-7-5-4-6-8-17)13-23-21(26)16(2)29-20(25)14-24-22(27)18-9-11-19(28-3)12-10-18/h4-12,15-16H,13-14H2,1-3H3,(H,23,26)(H,24,27)/t15-,16+/m1/s1. The maximum absolute atomic E-state index is 12.1. The number of carbonyl (C=O) groups is 3. The van der Waals surface area contributed by atoms with Gasteiger partial charge in [0.2, 0.25) is 0 Å². The summed E-state index contributed by atoms with van der Waals surface area (Å²) >= 11 is 0. The monoisotopic (exact) mass is 398 g/mol. The van der Waals surface area contributed by atoms with Crippen molar-refractivity contribution in [1.82, 2.24) is 10.6 Å². The van der Waals surface area contributed by atoms with E-state index in [0.717, 1.165) is 5.56 Å². The molecular weight excluding hydrogens is 372 g/mol. The Labute approximate surface area is 170 Å². The number of methoxy groups -OCH3 is 1. The number of amides is 2. The van der Waals surface area contributed by atoms with Crippen molar-refractivity contribution in [3.05, 3.63) is 65.7 Å². The molecule has 2 atom stereocenters. The third kappa shape index (κ3) is 6.95. The highest BCUT2D eigenvalue weighted by molar-refractivity contribution is 5.96. The maximum Gasteiger partial charge on any atom is 0.326 e. The highest BCUT2D eigenvalue weighted by atomic mass is 16.5. The minimum Gasteiger partial charge on any atom is -0.497 e. The first-order chi connectivity index (χ1) is 13.9. The molecule has 0 unspecified atom stereocenters.